The number of aromatic nitrogens is 3. The van der Waals surface area contributed by atoms with Gasteiger partial charge in [-0.3, -0.25) is 4.68 Å². The highest BCUT2D eigenvalue weighted by atomic mass is 16.3. The van der Waals surface area contributed by atoms with Crippen molar-refractivity contribution in [3.63, 3.8) is 0 Å². The maximum atomic E-state index is 10.5. The van der Waals surface area contributed by atoms with Crippen LogP contribution in [0.3, 0.4) is 0 Å². The summed E-state index contributed by atoms with van der Waals surface area (Å²) in [6, 6.07) is 0. The topological polar surface area (TPSA) is 63.0 Å². The fraction of sp³-hybridized carbons (Fsp3) is 0.846. The lowest BCUT2D eigenvalue weighted by Crippen LogP contribution is -2.43. The van der Waals surface area contributed by atoms with Crippen LogP contribution in [0.5, 0.6) is 0 Å². The number of hydrogen-bond acceptors (Lipinski definition) is 4. The van der Waals surface area contributed by atoms with Gasteiger partial charge in [-0.1, -0.05) is 18.6 Å². The fourth-order valence-electron chi connectivity index (χ4n) is 2.69. The monoisotopic (exact) mass is 252 g/mol. The van der Waals surface area contributed by atoms with E-state index < -0.39 is 5.60 Å². The predicted molar refractivity (Wildman–Crippen MR) is 69.9 cm³/mol. The summed E-state index contributed by atoms with van der Waals surface area (Å²) < 4.78 is 1.75. The average molecular weight is 252 g/mol. The van der Waals surface area contributed by atoms with Crippen LogP contribution < -0.4 is 5.32 Å². The van der Waals surface area contributed by atoms with E-state index in [4.69, 9.17) is 0 Å². The summed E-state index contributed by atoms with van der Waals surface area (Å²) in [5, 5.41) is 21.5. The van der Waals surface area contributed by atoms with Crippen LogP contribution in [0.4, 0.5) is 0 Å². The molecule has 2 rings (SSSR count). The molecular weight excluding hydrogens is 228 g/mol. The van der Waals surface area contributed by atoms with Gasteiger partial charge in [0.15, 0.2) is 0 Å². The molecular formula is C13H24N4O. The van der Waals surface area contributed by atoms with Crippen molar-refractivity contribution >= 4 is 0 Å². The standard InChI is InChI=1S/C13H24N4O/c1-3-11-4-6-13(18,7-5-11)10-14-8-12-9-15-16-17(12)2/h9,11,14,18H,3-8,10H2,1-2H3. The molecule has 0 saturated heterocycles. The smallest absolute Gasteiger partial charge is 0.0771 e. The Bertz CT molecular complexity index is 369. The third-order valence-corrected chi connectivity index (χ3v) is 4.18. The Labute approximate surface area is 109 Å². The highest BCUT2D eigenvalue weighted by Gasteiger charge is 2.32. The molecule has 0 radical (unpaired) electrons. The van der Waals surface area contributed by atoms with Crippen molar-refractivity contribution in [2.75, 3.05) is 6.54 Å². The van der Waals surface area contributed by atoms with Crippen LogP contribution in [0.25, 0.3) is 0 Å². The van der Waals surface area contributed by atoms with Gasteiger partial charge in [0.1, 0.15) is 0 Å². The maximum Gasteiger partial charge on any atom is 0.0771 e. The molecule has 18 heavy (non-hydrogen) atoms. The molecule has 0 amide bonds. The lowest BCUT2D eigenvalue weighted by Gasteiger charge is -2.36. The van der Waals surface area contributed by atoms with Gasteiger partial charge in [-0.05, 0) is 31.6 Å². The minimum Gasteiger partial charge on any atom is -0.389 e. The van der Waals surface area contributed by atoms with Gasteiger partial charge < -0.3 is 10.4 Å². The molecule has 0 aromatic carbocycles. The third kappa shape index (κ3) is 3.29. The molecule has 0 bridgehead atoms. The molecule has 2 N–H and O–H groups in total. The van der Waals surface area contributed by atoms with Crippen molar-refractivity contribution in [3.8, 4) is 0 Å². The van der Waals surface area contributed by atoms with E-state index in [0.717, 1.165) is 37.3 Å². The van der Waals surface area contributed by atoms with Crippen LogP contribution in [0.2, 0.25) is 0 Å². The summed E-state index contributed by atoms with van der Waals surface area (Å²) in [5.41, 5.74) is 0.526. The van der Waals surface area contributed by atoms with Crippen LogP contribution in [-0.4, -0.2) is 32.2 Å². The molecule has 0 unspecified atom stereocenters. The van der Waals surface area contributed by atoms with Gasteiger partial charge in [-0.2, -0.15) is 0 Å². The van der Waals surface area contributed by atoms with Crippen molar-refractivity contribution < 1.29 is 5.11 Å². The Balaban J connectivity index is 1.75. The van der Waals surface area contributed by atoms with E-state index in [0.29, 0.717) is 13.1 Å². The quantitative estimate of drug-likeness (QED) is 0.827. The van der Waals surface area contributed by atoms with Gasteiger partial charge in [0.05, 0.1) is 17.5 Å². The second-order valence-corrected chi connectivity index (χ2v) is 5.53. The Kier molecular flexibility index (Phi) is 4.35. The second kappa shape index (κ2) is 5.80. The third-order valence-electron chi connectivity index (χ3n) is 4.18. The second-order valence-electron chi connectivity index (χ2n) is 5.53. The summed E-state index contributed by atoms with van der Waals surface area (Å²) in [7, 11) is 1.88. The van der Waals surface area contributed by atoms with E-state index in [2.05, 4.69) is 22.6 Å². The molecule has 1 aromatic heterocycles. The van der Waals surface area contributed by atoms with Gasteiger partial charge in [-0.25, -0.2) is 0 Å². The number of nitrogens with zero attached hydrogens (tertiary/aromatic N) is 3. The number of aliphatic hydroxyl groups is 1. The van der Waals surface area contributed by atoms with Gasteiger partial charge >= 0.3 is 0 Å². The zero-order valence-electron chi connectivity index (χ0n) is 11.4. The molecule has 1 fully saturated rings. The van der Waals surface area contributed by atoms with Crippen LogP contribution in [0.1, 0.15) is 44.7 Å². The van der Waals surface area contributed by atoms with Crippen LogP contribution in [0, 0.1) is 5.92 Å². The normalized spacial score (nSPS) is 28.5. The minimum atomic E-state index is -0.516. The van der Waals surface area contributed by atoms with E-state index in [1.807, 2.05) is 7.05 Å². The molecule has 0 spiro atoms. The summed E-state index contributed by atoms with van der Waals surface area (Å²) in [5.74, 6) is 0.812. The largest absolute Gasteiger partial charge is 0.389 e. The van der Waals surface area contributed by atoms with E-state index >= 15 is 0 Å². The summed E-state index contributed by atoms with van der Waals surface area (Å²) in [6.07, 6.45) is 7.14. The fourth-order valence-corrected chi connectivity index (χ4v) is 2.69. The van der Waals surface area contributed by atoms with Crippen molar-refractivity contribution in [1.82, 2.24) is 20.3 Å². The summed E-state index contributed by atoms with van der Waals surface area (Å²) in [6.45, 7) is 3.61. The van der Waals surface area contributed by atoms with Crippen molar-refractivity contribution in [2.24, 2.45) is 13.0 Å². The Morgan fingerprint density at radius 3 is 2.78 bits per heavy atom. The molecule has 0 atom stereocenters. The molecule has 1 saturated carbocycles. The molecule has 102 valence electrons. The highest BCUT2D eigenvalue weighted by molar-refractivity contribution is 4.94. The SMILES string of the molecule is CCC1CCC(O)(CNCc2cnnn2C)CC1. The molecule has 1 heterocycles. The number of aryl methyl sites for hydroxylation is 1. The lowest BCUT2D eigenvalue weighted by atomic mass is 9.78. The zero-order chi connectivity index (χ0) is 13.0. The first kappa shape index (κ1) is 13.5. The Morgan fingerprint density at radius 2 is 2.22 bits per heavy atom. The zero-order valence-corrected chi connectivity index (χ0v) is 11.4. The minimum absolute atomic E-state index is 0.516. The predicted octanol–water partition coefficient (Wildman–Crippen LogP) is 1.24. The lowest BCUT2D eigenvalue weighted by molar-refractivity contribution is -0.00891. The van der Waals surface area contributed by atoms with Gasteiger partial charge in [0, 0.05) is 20.1 Å². The highest BCUT2D eigenvalue weighted by Crippen LogP contribution is 2.33. The summed E-state index contributed by atoms with van der Waals surface area (Å²) in [4.78, 5) is 0. The molecule has 1 aromatic rings. The Morgan fingerprint density at radius 1 is 1.50 bits per heavy atom. The first-order chi connectivity index (χ1) is 8.63. The number of hydrogen-bond donors (Lipinski definition) is 2. The van der Waals surface area contributed by atoms with E-state index in [-0.39, 0.29) is 0 Å². The van der Waals surface area contributed by atoms with Gasteiger partial charge in [0.25, 0.3) is 0 Å². The molecule has 1 aliphatic rings. The molecule has 0 aliphatic heterocycles. The van der Waals surface area contributed by atoms with Crippen LogP contribution >= 0.6 is 0 Å². The van der Waals surface area contributed by atoms with Crippen molar-refractivity contribution in [2.45, 2.75) is 51.2 Å². The summed E-state index contributed by atoms with van der Waals surface area (Å²) >= 11 is 0. The number of rotatable bonds is 5. The first-order valence-corrected chi connectivity index (χ1v) is 6.89. The molecule has 5 heteroatoms. The molecule has 5 nitrogen and oxygen atoms in total. The van der Waals surface area contributed by atoms with Crippen LogP contribution in [0.15, 0.2) is 6.20 Å². The van der Waals surface area contributed by atoms with E-state index in [1.54, 1.807) is 10.9 Å². The van der Waals surface area contributed by atoms with Crippen molar-refractivity contribution in [3.05, 3.63) is 11.9 Å². The average Bonchev–Trinajstić information content (AvgIpc) is 2.76. The van der Waals surface area contributed by atoms with E-state index in [9.17, 15) is 5.11 Å². The first-order valence-electron chi connectivity index (χ1n) is 6.89. The van der Waals surface area contributed by atoms with Crippen LogP contribution in [-0.2, 0) is 13.6 Å². The van der Waals surface area contributed by atoms with E-state index in [1.165, 1.54) is 6.42 Å². The molecule has 1 aliphatic carbocycles. The Hall–Kier alpha value is -0.940. The van der Waals surface area contributed by atoms with Crippen molar-refractivity contribution in [1.29, 1.82) is 0 Å². The van der Waals surface area contributed by atoms with Gasteiger partial charge in [-0.15, -0.1) is 5.10 Å². The van der Waals surface area contributed by atoms with Gasteiger partial charge in [0.2, 0.25) is 0 Å². The maximum absolute atomic E-state index is 10.5. The number of nitrogens with one attached hydrogen (secondary N) is 1.